The zero-order chi connectivity index (χ0) is 18.9. The van der Waals surface area contributed by atoms with E-state index in [1.54, 1.807) is 46.8 Å². The minimum Gasteiger partial charge on any atom is -0.264 e. The first-order valence-electron chi connectivity index (χ1n) is 8.63. The number of hydrogen-bond acceptors (Lipinski definition) is 7. The Labute approximate surface area is 174 Å². The van der Waals surface area contributed by atoms with E-state index < -0.39 is 0 Å². The Morgan fingerprint density at radius 3 is 2.46 bits per heavy atom. The number of benzene rings is 1. The predicted octanol–water partition coefficient (Wildman–Crippen LogP) is 6.34. The van der Waals surface area contributed by atoms with Gasteiger partial charge in [-0.2, -0.15) is 0 Å². The van der Waals surface area contributed by atoms with Crippen molar-refractivity contribution in [2.75, 3.05) is 0 Å². The summed E-state index contributed by atoms with van der Waals surface area (Å²) in [6.07, 6.45) is 3.56. The van der Waals surface area contributed by atoms with Crippen LogP contribution in [-0.2, 0) is 0 Å². The normalized spacial score (nSPS) is 11.2. The van der Waals surface area contributed by atoms with Gasteiger partial charge in [0.2, 0.25) is 0 Å². The van der Waals surface area contributed by atoms with E-state index in [0.717, 1.165) is 36.4 Å². The molecule has 0 aliphatic heterocycles. The molecule has 0 saturated carbocycles. The van der Waals surface area contributed by atoms with Gasteiger partial charge in [-0.25, -0.2) is 15.0 Å². The summed E-state index contributed by atoms with van der Waals surface area (Å²) in [6, 6.07) is 14.3. The minimum absolute atomic E-state index is 0.692. The Hall–Kier alpha value is -2.61. The van der Waals surface area contributed by atoms with Gasteiger partial charge in [0.1, 0.15) is 9.86 Å². The van der Waals surface area contributed by atoms with E-state index in [1.165, 1.54) is 5.56 Å². The Kier molecular flexibility index (Phi) is 4.64. The van der Waals surface area contributed by atoms with Crippen molar-refractivity contribution in [3.05, 3.63) is 71.3 Å². The molecule has 0 N–H and O–H groups in total. The first kappa shape index (κ1) is 17.5. The maximum Gasteiger partial charge on any atom is 0.163 e. The average Bonchev–Trinajstić information content (AvgIpc) is 3.35. The van der Waals surface area contributed by atoms with E-state index in [4.69, 9.17) is 9.97 Å². The average molecular weight is 419 g/mol. The third-order valence-electron chi connectivity index (χ3n) is 4.19. The smallest absolute Gasteiger partial charge is 0.163 e. The third-order valence-corrected chi connectivity index (χ3v) is 7.10. The molecule has 4 aromatic heterocycles. The molecule has 7 heteroatoms. The van der Waals surface area contributed by atoms with Crippen LogP contribution in [0.15, 0.2) is 75.0 Å². The van der Waals surface area contributed by atoms with Gasteiger partial charge in [0, 0.05) is 40.0 Å². The van der Waals surface area contributed by atoms with E-state index >= 15 is 0 Å². The van der Waals surface area contributed by atoms with Gasteiger partial charge < -0.3 is 0 Å². The van der Waals surface area contributed by atoms with Gasteiger partial charge in [-0.15, -0.1) is 22.7 Å². The molecule has 0 saturated heterocycles. The van der Waals surface area contributed by atoms with Crippen molar-refractivity contribution in [3.8, 4) is 22.5 Å². The molecule has 5 aromatic rings. The van der Waals surface area contributed by atoms with Crippen LogP contribution in [0.3, 0.4) is 0 Å². The molecule has 4 nitrogen and oxygen atoms in total. The van der Waals surface area contributed by atoms with Crippen molar-refractivity contribution in [1.82, 2.24) is 19.9 Å². The number of hydrogen-bond donors (Lipinski definition) is 0. The molecular formula is C21H14N4S3. The fourth-order valence-electron chi connectivity index (χ4n) is 2.90. The van der Waals surface area contributed by atoms with Gasteiger partial charge >= 0.3 is 0 Å². The van der Waals surface area contributed by atoms with Crippen LogP contribution in [0.25, 0.3) is 32.7 Å². The fraction of sp³-hybridized carbons (Fsp3) is 0.0476. The van der Waals surface area contributed by atoms with Crippen molar-refractivity contribution in [2.24, 2.45) is 0 Å². The van der Waals surface area contributed by atoms with E-state index in [-0.39, 0.29) is 0 Å². The summed E-state index contributed by atoms with van der Waals surface area (Å²) in [5, 5.41) is 6.24. The maximum absolute atomic E-state index is 4.92. The van der Waals surface area contributed by atoms with Crippen molar-refractivity contribution >= 4 is 44.7 Å². The second kappa shape index (κ2) is 7.43. The lowest BCUT2D eigenvalue weighted by Gasteiger charge is -2.07. The quantitative estimate of drug-likeness (QED) is 0.319. The van der Waals surface area contributed by atoms with Crippen molar-refractivity contribution in [1.29, 1.82) is 0 Å². The summed E-state index contributed by atoms with van der Waals surface area (Å²) in [5.74, 6) is 0.692. The molecule has 4 heterocycles. The molecule has 136 valence electrons. The SMILES string of the molecule is Cc1csc(Sc2nc(-c3cccnc3)nc3scc(-c4ccccc4)c23)n1. The molecule has 0 amide bonds. The summed E-state index contributed by atoms with van der Waals surface area (Å²) < 4.78 is 0.986. The number of thiazole rings is 1. The number of rotatable bonds is 4. The summed E-state index contributed by atoms with van der Waals surface area (Å²) in [6.45, 7) is 2.01. The lowest BCUT2D eigenvalue weighted by Crippen LogP contribution is -1.93. The van der Waals surface area contributed by atoms with E-state index in [1.807, 2.05) is 25.1 Å². The van der Waals surface area contributed by atoms with Gasteiger partial charge in [-0.1, -0.05) is 30.3 Å². The molecule has 0 bridgehead atoms. The molecular weight excluding hydrogens is 404 g/mol. The largest absolute Gasteiger partial charge is 0.264 e. The van der Waals surface area contributed by atoms with Crippen LogP contribution in [0.4, 0.5) is 0 Å². The summed E-state index contributed by atoms with van der Waals surface area (Å²) in [5.41, 5.74) is 4.27. The molecule has 0 fully saturated rings. The number of pyridine rings is 1. The molecule has 1 aromatic carbocycles. The Balaban J connectivity index is 1.72. The number of aryl methyl sites for hydroxylation is 1. The van der Waals surface area contributed by atoms with Crippen molar-refractivity contribution in [3.63, 3.8) is 0 Å². The standard InChI is InChI=1S/C21H14N4S3/c1-13-11-27-21(23-13)28-20-17-16(14-6-3-2-4-7-14)12-26-19(17)24-18(25-20)15-8-5-9-22-10-15/h2-12H,1H3. The number of fused-ring (bicyclic) bond motifs is 1. The highest BCUT2D eigenvalue weighted by atomic mass is 32.2. The summed E-state index contributed by atoms with van der Waals surface area (Å²) >= 11 is 4.89. The molecule has 0 aliphatic rings. The molecule has 0 spiro atoms. The van der Waals surface area contributed by atoms with Gasteiger partial charge in [0.25, 0.3) is 0 Å². The van der Waals surface area contributed by atoms with E-state index in [0.29, 0.717) is 5.82 Å². The first-order chi connectivity index (χ1) is 13.8. The van der Waals surface area contributed by atoms with Crippen LogP contribution in [0.1, 0.15) is 5.69 Å². The Morgan fingerprint density at radius 1 is 0.857 bits per heavy atom. The number of thiophene rings is 1. The van der Waals surface area contributed by atoms with Crippen LogP contribution in [0.5, 0.6) is 0 Å². The van der Waals surface area contributed by atoms with Crippen LogP contribution >= 0.6 is 34.4 Å². The fourth-order valence-corrected chi connectivity index (χ4v) is 5.80. The minimum atomic E-state index is 0.692. The van der Waals surface area contributed by atoms with E-state index in [2.05, 4.69) is 45.0 Å². The lowest BCUT2D eigenvalue weighted by atomic mass is 10.1. The van der Waals surface area contributed by atoms with Gasteiger partial charge in [-0.05, 0) is 36.4 Å². The molecule has 0 unspecified atom stereocenters. The van der Waals surface area contributed by atoms with Gasteiger partial charge in [0.05, 0.1) is 5.39 Å². The Bertz CT molecular complexity index is 1250. The molecule has 5 rings (SSSR count). The highest BCUT2D eigenvalue weighted by Gasteiger charge is 2.18. The molecule has 0 radical (unpaired) electrons. The number of nitrogens with zero attached hydrogens (tertiary/aromatic N) is 4. The van der Waals surface area contributed by atoms with E-state index in [9.17, 15) is 0 Å². The van der Waals surface area contributed by atoms with Crippen LogP contribution < -0.4 is 0 Å². The third kappa shape index (κ3) is 3.32. The molecule has 0 aliphatic carbocycles. The highest BCUT2D eigenvalue weighted by Crippen LogP contribution is 2.42. The second-order valence-electron chi connectivity index (χ2n) is 6.15. The van der Waals surface area contributed by atoms with Gasteiger partial charge in [0.15, 0.2) is 10.2 Å². The Morgan fingerprint density at radius 2 is 1.71 bits per heavy atom. The van der Waals surface area contributed by atoms with Crippen LogP contribution in [0, 0.1) is 6.92 Å². The van der Waals surface area contributed by atoms with Crippen molar-refractivity contribution in [2.45, 2.75) is 16.3 Å². The molecule has 28 heavy (non-hydrogen) atoms. The van der Waals surface area contributed by atoms with Crippen molar-refractivity contribution < 1.29 is 0 Å². The predicted molar refractivity (Wildman–Crippen MR) is 117 cm³/mol. The zero-order valence-electron chi connectivity index (χ0n) is 14.9. The summed E-state index contributed by atoms with van der Waals surface area (Å²) in [4.78, 5) is 19.6. The lowest BCUT2D eigenvalue weighted by molar-refractivity contribution is 1.10. The highest BCUT2D eigenvalue weighted by molar-refractivity contribution is 8.01. The zero-order valence-corrected chi connectivity index (χ0v) is 17.3. The number of aromatic nitrogens is 4. The van der Waals surface area contributed by atoms with Crippen LogP contribution in [-0.4, -0.2) is 19.9 Å². The monoisotopic (exact) mass is 418 g/mol. The summed E-state index contributed by atoms with van der Waals surface area (Å²) in [7, 11) is 0. The topological polar surface area (TPSA) is 51.6 Å². The molecule has 0 atom stereocenters. The van der Waals surface area contributed by atoms with Gasteiger partial charge in [-0.3, -0.25) is 4.98 Å². The van der Waals surface area contributed by atoms with Crippen LogP contribution in [0.2, 0.25) is 0 Å². The second-order valence-corrected chi connectivity index (χ2v) is 9.10. The first-order valence-corrected chi connectivity index (χ1v) is 11.2. The maximum atomic E-state index is 4.92.